The van der Waals surface area contributed by atoms with Crippen molar-refractivity contribution in [3.63, 3.8) is 0 Å². The minimum atomic E-state index is -0.113. The molecule has 0 radical (unpaired) electrons. The van der Waals surface area contributed by atoms with Gasteiger partial charge in [0.05, 0.1) is 0 Å². The van der Waals surface area contributed by atoms with Crippen LogP contribution in [0.2, 0.25) is 0 Å². The van der Waals surface area contributed by atoms with Gasteiger partial charge >= 0.3 is 0 Å². The lowest BCUT2D eigenvalue weighted by Crippen LogP contribution is -2.32. The topological polar surface area (TPSA) is 56.7 Å². The van der Waals surface area contributed by atoms with Gasteiger partial charge in [0.1, 0.15) is 5.52 Å². The van der Waals surface area contributed by atoms with Crippen molar-refractivity contribution in [2.45, 2.75) is 53.5 Å². The van der Waals surface area contributed by atoms with Gasteiger partial charge in [-0.15, -0.1) is 0 Å². The van der Waals surface area contributed by atoms with E-state index in [0.29, 0.717) is 5.95 Å². The fraction of sp³-hybridized carbons (Fsp3) is 0.600. The van der Waals surface area contributed by atoms with Crippen LogP contribution in [0.4, 0.5) is 5.95 Å². The maximum absolute atomic E-state index is 6.12. The molecule has 0 aliphatic rings. The van der Waals surface area contributed by atoms with E-state index in [-0.39, 0.29) is 11.0 Å². The molecular weight excluding hydrogens is 236 g/mol. The van der Waals surface area contributed by atoms with Gasteiger partial charge in [-0.3, -0.25) is 4.57 Å². The Kier molecular flexibility index (Phi) is 3.07. The molecule has 0 amide bonds. The first-order valence-electron chi connectivity index (χ1n) is 6.72. The van der Waals surface area contributed by atoms with Gasteiger partial charge in [0.15, 0.2) is 5.65 Å². The number of rotatable bonds is 2. The maximum Gasteiger partial charge on any atom is 0.202 e. The van der Waals surface area contributed by atoms with Gasteiger partial charge in [-0.25, -0.2) is 9.97 Å². The highest BCUT2D eigenvalue weighted by Crippen LogP contribution is 2.35. The first-order chi connectivity index (χ1) is 8.60. The number of fused-ring (bicyclic) bond motifs is 1. The monoisotopic (exact) mass is 260 g/mol. The Balaban J connectivity index is 2.61. The second-order valence-electron chi connectivity index (χ2n) is 7.15. The van der Waals surface area contributed by atoms with Crippen molar-refractivity contribution in [1.82, 2.24) is 14.5 Å². The van der Waals surface area contributed by atoms with Gasteiger partial charge in [-0.05, 0) is 44.7 Å². The number of anilines is 1. The molecule has 2 N–H and O–H groups in total. The van der Waals surface area contributed by atoms with Crippen molar-refractivity contribution in [1.29, 1.82) is 0 Å². The predicted octanol–water partition coefficient (Wildman–Crippen LogP) is 3.49. The molecule has 0 aliphatic heterocycles. The summed E-state index contributed by atoms with van der Waals surface area (Å²) in [6, 6.07) is 3.95. The standard InChI is InChI=1S/C15H24N4/c1-10-7-8-11-12(17-10)19(13(16)18-11)15(5,6)9-14(2,3)4/h7-8H,9H2,1-6H3,(H2,16,18). The van der Waals surface area contributed by atoms with Crippen LogP contribution >= 0.6 is 0 Å². The summed E-state index contributed by atoms with van der Waals surface area (Å²) in [5.74, 6) is 0.544. The summed E-state index contributed by atoms with van der Waals surface area (Å²) in [5.41, 5.74) is 8.96. The normalized spacial score (nSPS) is 13.2. The zero-order valence-corrected chi connectivity index (χ0v) is 12.8. The Bertz CT molecular complexity index is 602. The third-order valence-corrected chi connectivity index (χ3v) is 3.24. The number of hydrogen-bond acceptors (Lipinski definition) is 3. The summed E-state index contributed by atoms with van der Waals surface area (Å²) in [6.07, 6.45) is 1.01. The summed E-state index contributed by atoms with van der Waals surface area (Å²) in [5, 5.41) is 0. The molecule has 0 unspecified atom stereocenters. The second kappa shape index (κ2) is 4.22. The highest BCUT2D eigenvalue weighted by atomic mass is 15.2. The average Bonchev–Trinajstić information content (AvgIpc) is 2.49. The molecule has 0 saturated heterocycles. The molecular formula is C15H24N4. The van der Waals surface area contributed by atoms with E-state index >= 15 is 0 Å². The third kappa shape index (κ3) is 2.72. The summed E-state index contributed by atoms with van der Waals surface area (Å²) in [4.78, 5) is 9.04. The largest absolute Gasteiger partial charge is 0.369 e. The van der Waals surface area contributed by atoms with Gasteiger partial charge in [-0.2, -0.15) is 0 Å². The summed E-state index contributed by atoms with van der Waals surface area (Å²) >= 11 is 0. The molecule has 2 heterocycles. The molecule has 4 nitrogen and oxygen atoms in total. The SMILES string of the molecule is Cc1ccc2nc(N)n(C(C)(C)CC(C)(C)C)c2n1. The van der Waals surface area contributed by atoms with Crippen LogP contribution in [0, 0.1) is 12.3 Å². The maximum atomic E-state index is 6.12. The molecule has 0 bridgehead atoms. The summed E-state index contributed by atoms with van der Waals surface area (Å²) < 4.78 is 2.07. The third-order valence-electron chi connectivity index (χ3n) is 3.24. The molecule has 4 heteroatoms. The molecule has 0 aromatic carbocycles. The molecule has 0 fully saturated rings. The number of nitrogens with two attached hydrogens (primary N) is 1. The molecule has 2 aromatic rings. The van der Waals surface area contributed by atoms with E-state index in [1.807, 2.05) is 19.1 Å². The fourth-order valence-electron chi connectivity index (χ4n) is 3.04. The van der Waals surface area contributed by atoms with Crippen molar-refractivity contribution >= 4 is 17.1 Å². The number of pyridine rings is 1. The van der Waals surface area contributed by atoms with Crippen LogP contribution in [0.5, 0.6) is 0 Å². The van der Waals surface area contributed by atoms with Gasteiger partial charge in [0.25, 0.3) is 0 Å². The van der Waals surface area contributed by atoms with E-state index in [2.05, 4.69) is 49.2 Å². The van der Waals surface area contributed by atoms with Crippen LogP contribution in [0.1, 0.15) is 46.7 Å². The Morgan fingerprint density at radius 1 is 1.11 bits per heavy atom. The quantitative estimate of drug-likeness (QED) is 0.899. The Morgan fingerprint density at radius 3 is 2.32 bits per heavy atom. The van der Waals surface area contributed by atoms with Crippen molar-refractivity contribution in [3.05, 3.63) is 17.8 Å². The van der Waals surface area contributed by atoms with E-state index in [9.17, 15) is 0 Å². The van der Waals surface area contributed by atoms with E-state index in [0.717, 1.165) is 23.3 Å². The predicted molar refractivity (Wildman–Crippen MR) is 80.1 cm³/mol. The van der Waals surface area contributed by atoms with Crippen LogP contribution in [0.25, 0.3) is 11.2 Å². The number of hydrogen-bond donors (Lipinski definition) is 1. The lowest BCUT2D eigenvalue weighted by atomic mass is 9.81. The average molecular weight is 260 g/mol. The highest BCUT2D eigenvalue weighted by molar-refractivity contribution is 5.74. The lowest BCUT2D eigenvalue weighted by Gasteiger charge is -2.34. The number of aryl methyl sites for hydroxylation is 1. The molecule has 104 valence electrons. The van der Waals surface area contributed by atoms with Crippen LogP contribution in [-0.4, -0.2) is 14.5 Å². The molecule has 0 aliphatic carbocycles. The number of imidazole rings is 1. The van der Waals surface area contributed by atoms with E-state index in [1.54, 1.807) is 0 Å². The van der Waals surface area contributed by atoms with Crippen LogP contribution in [0.15, 0.2) is 12.1 Å². The van der Waals surface area contributed by atoms with Gasteiger partial charge in [-0.1, -0.05) is 20.8 Å². The minimum Gasteiger partial charge on any atom is -0.369 e. The van der Waals surface area contributed by atoms with E-state index in [4.69, 9.17) is 5.73 Å². The van der Waals surface area contributed by atoms with E-state index in [1.165, 1.54) is 0 Å². The van der Waals surface area contributed by atoms with Crippen LogP contribution in [-0.2, 0) is 5.54 Å². The summed E-state index contributed by atoms with van der Waals surface area (Å²) in [7, 11) is 0. The molecule has 0 spiro atoms. The fourth-order valence-corrected chi connectivity index (χ4v) is 3.04. The van der Waals surface area contributed by atoms with Gasteiger partial charge < -0.3 is 5.73 Å². The Morgan fingerprint density at radius 2 is 1.74 bits per heavy atom. The number of aromatic nitrogens is 3. The lowest BCUT2D eigenvalue weighted by molar-refractivity contribution is 0.221. The van der Waals surface area contributed by atoms with Crippen LogP contribution in [0.3, 0.4) is 0 Å². The van der Waals surface area contributed by atoms with Gasteiger partial charge in [0.2, 0.25) is 5.95 Å². The van der Waals surface area contributed by atoms with Gasteiger partial charge in [0, 0.05) is 11.2 Å². The van der Waals surface area contributed by atoms with E-state index < -0.39 is 0 Å². The molecule has 19 heavy (non-hydrogen) atoms. The van der Waals surface area contributed by atoms with Crippen molar-refractivity contribution in [2.75, 3.05) is 5.73 Å². The minimum absolute atomic E-state index is 0.113. The zero-order valence-electron chi connectivity index (χ0n) is 12.8. The smallest absolute Gasteiger partial charge is 0.202 e. The Hall–Kier alpha value is -1.58. The highest BCUT2D eigenvalue weighted by Gasteiger charge is 2.30. The summed E-state index contributed by atoms with van der Waals surface area (Å²) in [6.45, 7) is 13.1. The zero-order chi connectivity index (χ0) is 14.4. The van der Waals surface area contributed by atoms with Crippen LogP contribution < -0.4 is 5.73 Å². The number of nitrogens with zero attached hydrogens (tertiary/aromatic N) is 3. The second-order valence-corrected chi connectivity index (χ2v) is 7.15. The Labute approximate surface area is 115 Å². The molecule has 2 rings (SSSR count). The van der Waals surface area contributed by atoms with Crippen molar-refractivity contribution < 1.29 is 0 Å². The first-order valence-corrected chi connectivity index (χ1v) is 6.72. The molecule has 0 saturated carbocycles. The van der Waals surface area contributed by atoms with Crippen molar-refractivity contribution in [3.8, 4) is 0 Å². The molecule has 2 aromatic heterocycles. The number of nitrogen functional groups attached to an aromatic ring is 1. The van der Waals surface area contributed by atoms with Crippen molar-refractivity contribution in [2.24, 2.45) is 5.41 Å². The first kappa shape index (κ1) is 13.8. The molecule has 0 atom stereocenters.